The second kappa shape index (κ2) is 10.9. The van der Waals surface area contributed by atoms with Gasteiger partial charge >= 0.3 is 6.03 Å². The Kier molecular flexibility index (Phi) is 7.48. The van der Waals surface area contributed by atoms with Crippen molar-refractivity contribution in [3.8, 4) is 11.5 Å². The summed E-state index contributed by atoms with van der Waals surface area (Å²) in [5.41, 5.74) is 1.35. The van der Waals surface area contributed by atoms with Gasteiger partial charge < -0.3 is 19.7 Å². The molecule has 1 saturated heterocycles. The zero-order valence-corrected chi connectivity index (χ0v) is 19.9. The van der Waals surface area contributed by atoms with E-state index in [1.165, 1.54) is 30.2 Å². The van der Waals surface area contributed by atoms with Gasteiger partial charge in [-0.25, -0.2) is 14.1 Å². The number of hydrogen-bond acceptors (Lipinski definition) is 5. The molecular weight excluding hydrogens is 465 g/mol. The van der Waals surface area contributed by atoms with Gasteiger partial charge in [-0.1, -0.05) is 18.2 Å². The number of benzene rings is 3. The van der Waals surface area contributed by atoms with E-state index >= 15 is 0 Å². The molecule has 1 N–H and O–H groups in total. The average Bonchev–Trinajstić information content (AvgIpc) is 3.09. The molecule has 36 heavy (non-hydrogen) atoms. The maximum atomic E-state index is 13.8. The number of carbonyl (C=O) groups excluding carboxylic acids is 3. The number of hydrogen-bond donors (Lipinski definition) is 1. The summed E-state index contributed by atoms with van der Waals surface area (Å²) in [4.78, 5) is 42.1. The lowest BCUT2D eigenvalue weighted by molar-refractivity contribution is -0.124. The van der Waals surface area contributed by atoms with Gasteiger partial charge in [0.2, 0.25) is 5.91 Å². The van der Waals surface area contributed by atoms with Gasteiger partial charge in [0.05, 0.1) is 25.8 Å². The van der Waals surface area contributed by atoms with Crippen molar-refractivity contribution >= 4 is 29.2 Å². The zero-order valence-electron chi connectivity index (χ0n) is 19.9. The Morgan fingerprint density at radius 3 is 2.44 bits per heavy atom. The first-order chi connectivity index (χ1) is 17.4. The molecule has 3 aromatic carbocycles. The zero-order chi connectivity index (χ0) is 25.7. The van der Waals surface area contributed by atoms with Crippen LogP contribution in [0.5, 0.6) is 11.5 Å². The van der Waals surface area contributed by atoms with Crippen molar-refractivity contribution in [1.82, 2.24) is 4.90 Å². The Hall–Kier alpha value is -4.40. The molecule has 0 aromatic heterocycles. The van der Waals surface area contributed by atoms with Gasteiger partial charge in [-0.3, -0.25) is 9.59 Å². The highest BCUT2D eigenvalue weighted by atomic mass is 19.1. The van der Waals surface area contributed by atoms with Crippen LogP contribution in [-0.2, 0) is 16.1 Å². The van der Waals surface area contributed by atoms with Gasteiger partial charge in [0.25, 0.3) is 5.91 Å². The lowest BCUT2D eigenvalue weighted by atomic mass is 10.1. The molecule has 3 aromatic rings. The van der Waals surface area contributed by atoms with E-state index in [4.69, 9.17) is 9.47 Å². The number of methoxy groups -OCH3 is 1. The van der Waals surface area contributed by atoms with Crippen LogP contribution in [-0.4, -0.2) is 42.5 Å². The minimum atomic E-state index is -1.07. The number of imide groups is 1. The third-order valence-electron chi connectivity index (χ3n) is 5.70. The second-order valence-corrected chi connectivity index (χ2v) is 8.14. The summed E-state index contributed by atoms with van der Waals surface area (Å²) < 4.78 is 24.4. The molecule has 1 fully saturated rings. The lowest BCUT2D eigenvalue weighted by Gasteiger charge is -2.22. The van der Waals surface area contributed by atoms with Crippen LogP contribution in [0.4, 0.5) is 20.6 Å². The topological polar surface area (TPSA) is 88.2 Å². The fourth-order valence-electron chi connectivity index (χ4n) is 4.02. The minimum absolute atomic E-state index is 0.0379. The van der Waals surface area contributed by atoms with Crippen molar-refractivity contribution in [3.63, 3.8) is 0 Å². The third-order valence-corrected chi connectivity index (χ3v) is 5.70. The van der Waals surface area contributed by atoms with Crippen LogP contribution in [0.2, 0.25) is 0 Å². The molecule has 0 spiro atoms. The number of amides is 4. The number of halogens is 1. The van der Waals surface area contributed by atoms with E-state index in [1.54, 1.807) is 54.6 Å². The molecule has 1 heterocycles. The monoisotopic (exact) mass is 491 g/mol. The van der Waals surface area contributed by atoms with E-state index in [-0.39, 0.29) is 13.0 Å². The molecule has 4 rings (SSSR count). The predicted octanol–water partition coefficient (Wildman–Crippen LogP) is 4.60. The molecule has 0 bridgehead atoms. The molecule has 8 nitrogen and oxygen atoms in total. The SMILES string of the molecule is CCOc1ccc(NC(=O)C[C@@H]2C(=O)N(c3cccc(OC)c3)C(=O)N2Cc2cccc(F)c2)cc1. The molecule has 0 unspecified atom stereocenters. The van der Waals surface area contributed by atoms with Crippen LogP contribution >= 0.6 is 0 Å². The Morgan fingerprint density at radius 1 is 1.00 bits per heavy atom. The van der Waals surface area contributed by atoms with Gasteiger partial charge in [0.1, 0.15) is 23.4 Å². The van der Waals surface area contributed by atoms with Crippen molar-refractivity contribution in [2.75, 3.05) is 23.9 Å². The Labute approximate surface area is 208 Å². The normalized spacial score (nSPS) is 15.2. The van der Waals surface area contributed by atoms with Gasteiger partial charge in [-0.05, 0) is 61.0 Å². The molecule has 1 atom stereocenters. The van der Waals surface area contributed by atoms with Crippen molar-refractivity contribution in [2.24, 2.45) is 0 Å². The number of nitrogens with zero attached hydrogens (tertiary/aromatic N) is 2. The van der Waals surface area contributed by atoms with E-state index in [1.807, 2.05) is 6.92 Å². The quantitative estimate of drug-likeness (QED) is 0.442. The average molecular weight is 492 g/mol. The highest BCUT2D eigenvalue weighted by Crippen LogP contribution is 2.30. The highest BCUT2D eigenvalue weighted by Gasteiger charge is 2.46. The van der Waals surface area contributed by atoms with Crippen LogP contribution in [0.3, 0.4) is 0 Å². The summed E-state index contributed by atoms with van der Waals surface area (Å²) in [5, 5.41) is 2.76. The first-order valence-electron chi connectivity index (χ1n) is 11.5. The van der Waals surface area contributed by atoms with E-state index in [9.17, 15) is 18.8 Å². The van der Waals surface area contributed by atoms with Gasteiger partial charge in [0, 0.05) is 18.3 Å². The molecule has 9 heteroatoms. The molecule has 1 aliphatic rings. The molecule has 0 saturated carbocycles. The second-order valence-electron chi connectivity index (χ2n) is 8.14. The van der Waals surface area contributed by atoms with Crippen LogP contribution in [0.15, 0.2) is 72.8 Å². The van der Waals surface area contributed by atoms with Gasteiger partial charge in [0.15, 0.2) is 0 Å². The van der Waals surface area contributed by atoms with Crippen LogP contribution in [0.25, 0.3) is 0 Å². The van der Waals surface area contributed by atoms with Gasteiger partial charge in [-0.2, -0.15) is 0 Å². The van der Waals surface area contributed by atoms with Crippen LogP contribution in [0.1, 0.15) is 18.9 Å². The van der Waals surface area contributed by atoms with E-state index in [0.717, 1.165) is 4.90 Å². The molecule has 186 valence electrons. The Morgan fingerprint density at radius 2 is 1.75 bits per heavy atom. The molecule has 1 aliphatic heterocycles. The summed E-state index contributed by atoms with van der Waals surface area (Å²) in [6, 6.07) is 17.5. The highest BCUT2D eigenvalue weighted by molar-refractivity contribution is 6.22. The molecule has 0 aliphatic carbocycles. The number of rotatable bonds is 9. The van der Waals surface area contributed by atoms with Crippen LogP contribution < -0.4 is 19.7 Å². The van der Waals surface area contributed by atoms with Crippen molar-refractivity contribution < 1.29 is 28.2 Å². The Bertz CT molecular complexity index is 1260. The molecule has 4 amide bonds. The summed E-state index contributed by atoms with van der Waals surface area (Å²) in [6.45, 7) is 2.36. The molecule has 0 radical (unpaired) electrons. The first kappa shape index (κ1) is 24.7. The number of carbonyl (C=O) groups is 3. The van der Waals surface area contributed by atoms with E-state index in [2.05, 4.69) is 5.32 Å². The number of anilines is 2. The Balaban J connectivity index is 1.58. The standard InChI is InChI=1S/C27H26FN3O5/c1-3-36-22-12-10-20(11-13-22)29-25(32)16-24-26(33)31(21-8-5-9-23(15-21)35-2)27(34)30(24)17-18-6-4-7-19(28)14-18/h4-15,24H,3,16-17H2,1-2H3,(H,29,32)/t24-/m1/s1. The van der Waals surface area contributed by atoms with Crippen molar-refractivity contribution in [3.05, 3.63) is 84.2 Å². The van der Waals surface area contributed by atoms with Crippen molar-refractivity contribution in [1.29, 1.82) is 0 Å². The van der Waals surface area contributed by atoms with E-state index in [0.29, 0.717) is 35.0 Å². The predicted molar refractivity (Wildman–Crippen MR) is 132 cm³/mol. The maximum Gasteiger partial charge on any atom is 0.332 e. The first-order valence-corrected chi connectivity index (χ1v) is 11.5. The number of urea groups is 1. The lowest BCUT2D eigenvalue weighted by Crippen LogP contribution is -2.37. The van der Waals surface area contributed by atoms with Gasteiger partial charge in [-0.15, -0.1) is 0 Å². The van der Waals surface area contributed by atoms with E-state index < -0.39 is 29.7 Å². The van der Waals surface area contributed by atoms with Crippen LogP contribution in [0, 0.1) is 5.82 Å². The third kappa shape index (κ3) is 5.46. The summed E-state index contributed by atoms with van der Waals surface area (Å²) >= 11 is 0. The fraction of sp³-hybridized carbons (Fsp3) is 0.222. The largest absolute Gasteiger partial charge is 0.497 e. The summed E-state index contributed by atoms with van der Waals surface area (Å²) in [6.07, 6.45) is -0.270. The molecular formula is C27H26FN3O5. The maximum absolute atomic E-state index is 13.8. The number of ether oxygens (including phenoxy) is 2. The minimum Gasteiger partial charge on any atom is -0.497 e. The number of nitrogens with one attached hydrogen (secondary N) is 1. The fourth-order valence-corrected chi connectivity index (χ4v) is 4.02. The summed E-state index contributed by atoms with van der Waals surface area (Å²) in [7, 11) is 1.48. The van der Waals surface area contributed by atoms with Crippen molar-refractivity contribution in [2.45, 2.75) is 25.9 Å². The smallest absolute Gasteiger partial charge is 0.332 e. The summed E-state index contributed by atoms with van der Waals surface area (Å²) in [5.74, 6) is -0.308.